The van der Waals surface area contributed by atoms with Crippen LogP contribution < -0.4 is 14.8 Å². The zero-order chi connectivity index (χ0) is 25.5. The van der Waals surface area contributed by atoms with Gasteiger partial charge >= 0.3 is 5.97 Å². The van der Waals surface area contributed by atoms with Gasteiger partial charge in [0.25, 0.3) is 17.1 Å². The summed E-state index contributed by atoms with van der Waals surface area (Å²) in [5.74, 6) is -0.954. The summed E-state index contributed by atoms with van der Waals surface area (Å²) in [7, 11) is 1.44. The van der Waals surface area contributed by atoms with Crippen LogP contribution in [0.3, 0.4) is 0 Å². The minimum Gasteiger partial charge on any atom is -0.493 e. The predicted molar refractivity (Wildman–Crippen MR) is 135 cm³/mol. The molecule has 184 valence electrons. The minimum absolute atomic E-state index is 0.146. The lowest BCUT2D eigenvalue weighted by atomic mass is 10.2. The lowest BCUT2D eigenvalue weighted by Gasteiger charge is -2.13. The number of esters is 1. The van der Waals surface area contributed by atoms with Gasteiger partial charge in [0.2, 0.25) is 0 Å². The molecule has 1 heterocycles. The molecule has 1 aliphatic heterocycles. The number of nitrogens with zero attached hydrogens (tertiary/aromatic N) is 1. The number of hydrogen-bond acceptors (Lipinski definition) is 8. The summed E-state index contributed by atoms with van der Waals surface area (Å²) < 4.78 is 16.4. The first-order chi connectivity index (χ1) is 16.7. The van der Waals surface area contributed by atoms with Gasteiger partial charge in [0, 0.05) is 10.2 Å². The summed E-state index contributed by atoms with van der Waals surface area (Å²) >= 11 is 4.15. The van der Waals surface area contributed by atoms with Crippen LogP contribution in [0.2, 0.25) is 0 Å². The van der Waals surface area contributed by atoms with Crippen LogP contribution >= 0.6 is 27.7 Å². The van der Waals surface area contributed by atoms with E-state index in [1.807, 2.05) is 19.1 Å². The number of nitrogens with one attached hydrogen (secondary N) is 1. The molecule has 3 amide bonds. The summed E-state index contributed by atoms with van der Waals surface area (Å²) in [6, 6.07) is 10.6. The van der Waals surface area contributed by atoms with Gasteiger partial charge in [-0.1, -0.05) is 33.6 Å². The number of methoxy groups -OCH3 is 1. The topological polar surface area (TPSA) is 111 Å². The Balaban J connectivity index is 1.71. The van der Waals surface area contributed by atoms with E-state index in [0.29, 0.717) is 27.2 Å². The van der Waals surface area contributed by atoms with E-state index in [1.54, 1.807) is 31.2 Å². The van der Waals surface area contributed by atoms with Crippen LogP contribution in [-0.4, -0.2) is 54.8 Å². The first kappa shape index (κ1) is 26.3. The molecule has 0 unspecified atom stereocenters. The van der Waals surface area contributed by atoms with Crippen molar-refractivity contribution in [2.75, 3.05) is 32.2 Å². The van der Waals surface area contributed by atoms with Crippen LogP contribution in [-0.2, 0) is 19.1 Å². The second-order valence-corrected chi connectivity index (χ2v) is 9.15. The van der Waals surface area contributed by atoms with E-state index in [0.717, 1.165) is 22.2 Å². The predicted octanol–water partition coefficient (Wildman–Crippen LogP) is 4.38. The Kier molecular flexibility index (Phi) is 8.94. The second kappa shape index (κ2) is 11.9. The second-order valence-electron chi connectivity index (χ2n) is 7.30. The fourth-order valence-corrected chi connectivity index (χ4v) is 4.29. The SMILES string of the molecule is CCOC(=O)CN1C(=O)S/C(=C/c2cc(OC)c(OCC(=O)Nc3ccc(C)cc3)cc2Br)C1=O. The normalized spacial score (nSPS) is 14.3. The average molecular weight is 563 g/mol. The smallest absolute Gasteiger partial charge is 0.326 e. The number of carbonyl (C=O) groups excluding carboxylic acids is 4. The van der Waals surface area contributed by atoms with Crippen molar-refractivity contribution in [1.29, 1.82) is 0 Å². The third kappa shape index (κ3) is 6.86. The molecule has 0 aliphatic carbocycles. The molecule has 1 aliphatic rings. The van der Waals surface area contributed by atoms with Gasteiger partial charge in [0.15, 0.2) is 18.1 Å². The van der Waals surface area contributed by atoms with Crippen molar-refractivity contribution in [1.82, 2.24) is 4.90 Å². The van der Waals surface area contributed by atoms with Crippen molar-refractivity contribution in [3.8, 4) is 11.5 Å². The molecular weight excluding hydrogens is 540 g/mol. The average Bonchev–Trinajstić information content (AvgIpc) is 3.08. The number of thioether (sulfide) groups is 1. The highest BCUT2D eigenvalue weighted by Crippen LogP contribution is 2.38. The number of halogens is 1. The van der Waals surface area contributed by atoms with E-state index >= 15 is 0 Å². The van der Waals surface area contributed by atoms with E-state index in [-0.39, 0.29) is 24.0 Å². The van der Waals surface area contributed by atoms with Crippen molar-refractivity contribution in [3.05, 3.63) is 56.9 Å². The van der Waals surface area contributed by atoms with E-state index in [4.69, 9.17) is 14.2 Å². The molecule has 3 rings (SSSR count). The molecule has 1 fully saturated rings. The molecule has 0 radical (unpaired) electrons. The molecule has 1 saturated heterocycles. The van der Waals surface area contributed by atoms with Gasteiger partial charge in [-0.25, -0.2) is 0 Å². The summed E-state index contributed by atoms with van der Waals surface area (Å²) in [4.78, 5) is 49.8. The van der Waals surface area contributed by atoms with Crippen LogP contribution in [0, 0.1) is 6.92 Å². The number of benzene rings is 2. The maximum atomic E-state index is 12.6. The number of aryl methyl sites for hydroxylation is 1. The zero-order valence-corrected chi connectivity index (χ0v) is 21.7. The molecule has 0 atom stereocenters. The highest BCUT2D eigenvalue weighted by Gasteiger charge is 2.36. The van der Waals surface area contributed by atoms with E-state index in [2.05, 4.69) is 21.2 Å². The number of hydrogen-bond donors (Lipinski definition) is 1. The van der Waals surface area contributed by atoms with E-state index in [1.165, 1.54) is 13.2 Å². The van der Waals surface area contributed by atoms with Crippen molar-refractivity contribution in [2.45, 2.75) is 13.8 Å². The van der Waals surface area contributed by atoms with Gasteiger partial charge in [0.05, 0.1) is 18.6 Å². The Morgan fingerprint density at radius 1 is 1.14 bits per heavy atom. The summed E-state index contributed by atoms with van der Waals surface area (Å²) in [6.07, 6.45) is 1.51. The number of ether oxygens (including phenoxy) is 3. The van der Waals surface area contributed by atoms with Gasteiger partial charge in [-0.2, -0.15) is 0 Å². The number of amides is 3. The van der Waals surface area contributed by atoms with Crippen LogP contribution in [0.25, 0.3) is 6.08 Å². The number of imide groups is 1. The standard InChI is InChI=1S/C24H23BrN2O7S/c1-4-33-22(29)12-27-23(30)20(35-24(27)31)10-15-9-18(32-3)19(11-17(15)25)34-13-21(28)26-16-7-5-14(2)6-8-16/h5-11H,4,12-13H2,1-3H3,(H,26,28)/b20-10+. The fraction of sp³-hybridized carbons (Fsp3) is 0.250. The third-order valence-corrected chi connectivity index (χ3v) is 6.32. The first-order valence-corrected chi connectivity index (χ1v) is 12.1. The number of carbonyl (C=O) groups is 4. The van der Waals surface area contributed by atoms with Crippen LogP contribution in [0.15, 0.2) is 45.8 Å². The van der Waals surface area contributed by atoms with Gasteiger partial charge < -0.3 is 19.5 Å². The Morgan fingerprint density at radius 2 is 1.86 bits per heavy atom. The molecule has 1 N–H and O–H groups in total. The molecule has 2 aromatic carbocycles. The molecule has 0 spiro atoms. The van der Waals surface area contributed by atoms with Gasteiger partial charge in [-0.05, 0) is 61.5 Å². The van der Waals surface area contributed by atoms with E-state index < -0.39 is 23.7 Å². The Morgan fingerprint density at radius 3 is 2.51 bits per heavy atom. The van der Waals surface area contributed by atoms with Gasteiger partial charge in [-0.15, -0.1) is 0 Å². The summed E-state index contributed by atoms with van der Waals surface area (Å²) in [5, 5.41) is 2.19. The van der Waals surface area contributed by atoms with Crippen LogP contribution in [0.1, 0.15) is 18.1 Å². The number of anilines is 1. The Hall–Kier alpha value is -3.31. The molecule has 11 heteroatoms. The zero-order valence-electron chi connectivity index (χ0n) is 19.3. The summed E-state index contributed by atoms with van der Waals surface area (Å²) in [6.45, 7) is 3.05. The highest BCUT2D eigenvalue weighted by molar-refractivity contribution is 9.10. The molecule has 9 nitrogen and oxygen atoms in total. The maximum Gasteiger partial charge on any atom is 0.326 e. The molecule has 0 aromatic heterocycles. The highest BCUT2D eigenvalue weighted by atomic mass is 79.9. The quantitative estimate of drug-likeness (QED) is 0.354. The lowest BCUT2D eigenvalue weighted by Crippen LogP contribution is -2.34. The summed E-state index contributed by atoms with van der Waals surface area (Å²) in [5.41, 5.74) is 2.28. The van der Waals surface area contributed by atoms with Crippen molar-refractivity contribution >= 4 is 62.5 Å². The molecule has 35 heavy (non-hydrogen) atoms. The van der Waals surface area contributed by atoms with Crippen molar-refractivity contribution in [2.24, 2.45) is 0 Å². The van der Waals surface area contributed by atoms with Crippen molar-refractivity contribution in [3.63, 3.8) is 0 Å². The first-order valence-electron chi connectivity index (χ1n) is 10.5. The molecular formula is C24H23BrN2O7S. The lowest BCUT2D eigenvalue weighted by molar-refractivity contribution is -0.146. The molecule has 2 aromatic rings. The monoisotopic (exact) mass is 562 g/mol. The Bertz CT molecular complexity index is 1180. The third-order valence-electron chi connectivity index (χ3n) is 4.73. The Labute approximate surface area is 214 Å². The van der Waals surface area contributed by atoms with Crippen molar-refractivity contribution < 1.29 is 33.4 Å². The van der Waals surface area contributed by atoms with Crippen LogP contribution in [0.5, 0.6) is 11.5 Å². The largest absolute Gasteiger partial charge is 0.493 e. The van der Waals surface area contributed by atoms with Crippen LogP contribution in [0.4, 0.5) is 10.5 Å². The maximum absolute atomic E-state index is 12.6. The minimum atomic E-state index is -0.660. The van der Waals surface area contributed by atoms with E-state index in [9.17, 15) is 19.2 Å². The van der Waals surface area contributed by atoms with Gasteiger partial charge in [0.1, 0.15) is 6.54 Å². The van der Waals surface area contributed by atoms with Gasteiger partial charge in [-0.3, -0.25) is 24.1 Å². The molecule has 0 saturated carbocycles. The molecule has 0 bridgehead atoms. The number of rotatable bonds is 9. The fourth-order valence-electron chi connectivity index (χ4n) is 3.02.